The van der Waals surface area contributed by atoms with E-state index in [-0.39, 0.29) is 5.43 Å². The van der Waals surface area contributed by atoms with Crippen LogP contribution in [0, 0.1) is 6.92 Å². The molecule has 1 saturated heterocycles. The van der Waals surface area contributed by atoms with Crippen LogP contribution in [0.1, 0.15) is 5.69 Å². The SMILES string of the molecule is Cc1n[nH]c2cc(-c3csc4c(=O)cc(N5CCOCC5)oc34)ccc12. The van der Waals surface area contributed by atoms with E-state index in [0.29, 0.717) is 29.4 Å². The van der Waals surface area contributed by atoms with Gasteiger partial charge in [-0.1, -0.05) is 12.1 Å². The molecule has 0 saturated carbocycles. The quantitative estimate of drug-likeness (QED) is 0.587. The average molecular weight is 367 g/mol. The van der Waals surface area contributed by atoms with Crippen molar-refractivity contribution in [3.8, 4) is 11.1 Å². The topological polar surface area (TPSA) is 71.4 Å². The summed E-state index contributed by atoms with van der Waals surface area (Å²) in [6.07, 6.45) is 0. The maximum absolute atomic E-state index is 12.6. The fourth-order valence-electron chi connectivity index (χ4n) is 3.39. The first-order valence-electron chi connectivity index (χ1n) is 8.54. The van der Waals surface area contributed by atoms with Gasteiger partial charge >= 0.3 is 0 Å². The Kier molecular flexibility index (Phi) is 3.58. The van der Waals surface area contributed by atoms with Crippen LogP contribution in [-0.4, -0.2) is 36.5 Å². The van der Waals surface area contributed by atoms with E-state index in [1.807, 2.05) is 18.4 Å². The third-order valence-corrected chi connectivity index (χ3v) is 5.79. The minimum absolute atomic E-state index is 0.00227. The number of rotatable bonds is 2. The maximum Gasteiger partial charge on any atom is 0.204 e. The first-order valence-corrected chi connectivity index (χ1v) is 9.42. The Bertz CT molecular complexity index is 1170. The third-order valence-electron chi connectivity index (χ3n) is 4.82. The first kappa shape index (κ1) is 15.6. The smallest absolute Gasteiger partial charge is 0.204 e. The van der Waals surface area contributed by atoms with Crippen molar-refractivity contribution in [2.24, 2.45) is 0 Å². The number of ether oxygens (including phenoxy) is 1. The van der Waals surface area contributed by atoms with Gasteiger partial charge in [0.25, 0.3) is 0 Å². The van der Waals surface area contributed by atoms with Crippen LogP contribution < -0.4 is 10.3 Å². The zero-order valence-corrected chi connectivity index (χ0v) is 15.1. The summed E-state index contributed by atoms with van der Waals surface area (Å²) in [5, 5.41) is 10.4. The van der Waals surface area contributed by atoms with Gasteiger partial charge in [-0.25, -0.2) is 0 Å². The molecule has 1 aromatic carbocycles. The summed E-state index contributed by atoms with van der Waals surface area (Å²) in [5.74, 6) is 0.615. The number of hydrogen-bond donors (Lipinski definition) is 1. The Balaban J connectivity index is 1.67. The van der Waals surface area contributed by atoms with Crippen LogP contribution in [0.25, 0.3) is 32.3 Å². The van der Waals surface area contributed by atoms with Gasteiger partial charge in [0.1, 0.15) is 4.70 Å². The second-order valence-electron chi connectivity index (χ2n) is 6.43. The Hall–Kier alpha value is -2.64. The molecule has 0 bridgehead atoms. The van der Waals surface area contributed by atoms with E-state index in [4.69, 9.17) is 9.15 Å². The molecule has 3 aromatic heterocycles. The molecule has 0 radical (unpaired) electrons. The summed E-state index contributed by atoms with van der Waals surface area (Å²) in [6, 6.07) is 7.75. The number of thiophene rings is 1. The van der Waals surface area contributed by atoms with Crippen molar-refractivity contribution in [3.63, 3.8) is 0 Å². The van der Waals surface area contributed by atoms with Gasteiger partial charge in [0.15, 0.2) is 11.5 Å². The van der Waals surface area contributed by atoms with E-state index in [1.54, 1.807) is 6.07 Å². The lowest BCUT2D eigenvalue weighted by molar-refractivity contribution is 0.121. The fraction of sp³-hybridized carbons (Fsp3) is 0.263. The lowest BCUT2D eigenvalue weighted by Crippen LogP contribution is -2.36. The molecule has 1 N–H and O–H groups in total. The molecule has 0 atom stereocenters. The molecule has 5 rings (SSSR count). The normalized spacial score (nSPS) is 15.2. The summed E-state index contributed by atoms with van der Waals surface area (Å²) in [5.41, 5.74) is 4.55. The van der Waals surface area contributed by atoms with Crippen molar-refractivity contribution in [2.75, 3.05) is 31.2 Å². The van der Waals surface area contributed by atoms with E-state index in [1.165, 1.54) is 11.3 Å². The Morgan fingerprint density at radius 1 is 1.23 bits per heavy atom. The van der Waals surface area contributed by atoms with Crippen LogP contribution in [0.15, 0.2) is 38.9 Å². The van der Waals surface area contributed by atoms with E-state index >= 15 is 0 Å². The van der Waals surface area contributed by atoms with Crippen molar-refractivity contribution in [1.82, 2.24) is 10.2 Å². The number of aryl methyl sites for hydroxylation is 1. The molecule has 1 aliphatic rings. The molecule has 0 amide bonds. The highest BCUT2D eigenvalue weighted by atomic mass is 32.1. The number of nitrogens with zero attached hydrogens (tertiary/aromatic N) is 2. The summed E-state index contributed by atoms with van der Waals surface area (Å²) < 4.78 is 12.2. The van der Waals surface area contributed by atoms with Gasteiger partial charge in [-0.05, 0) is 18.6 Å². The van der Waals surface area contributed by atoms with E-state index in [0.717, 1.165) is 40.8 Å². The highest BCUT2D eigenvalue weighted by Crippen LogP contribution is 2.35. The molecule has 1 aliphatic heterocycles. The third kappa shape index (κ3) is 2.43. The Labute approximate surface area is 153 Å². The number of anilines is 1. The van der Waals surface area contributed by atoms with Crippen molar-refractivity contribution in [1.29, 1.82) is 0 Å². The van der Waals surface area contributed by atoms with Gasteiger partial charge in [0.2, 0.25) is 5.43 Å². The molecule has 0 aliphatic carbocycles. The number of H-pyrrole nitrogens is 1. The summed E-state index contributed by atoms with van der Waals surface area (Å²) in [7, 11) is 0. The molecule has 0 unspecified atom stereocenters. The van der Waals surface area contributed by atoms with Crippen LogP contribution in [-0.2, 0) is 4.74 Å². The summed E-state index contributed by atoms with van der Waals surface area (Å²) >= 11 is 1.43. The van der Waals surface area contributed by atoms with Crippen LogP contribution in [0.5, 0.6) is 0 Å². The van der Waals surface area contributed by atoms with E-state index in [2.05, 4.69) is 27.2 Å². The Morgan fingerprint density at radius 3 is 2.92 bits per heavy atom. The second-order valence-corrected chi connectivity index (χ2v) is 7.30. The summed E-state index contributed by atoms with van der Waals surface area (Å²) in [4.78, 5) is 14.6. The predicted molar refractivity (Wildman–Crippen MR) is 103 cm³/mol. The van der Waals surface area contributed by atoms with Gasteiger partial charge in [-0.15, -0.1) is 11.3 Å². The summed E-state index contributed by atoms with van der Waals surface area (Å²) in [6.45, 7) is 4.73. The minimum atomic E-state index is 0.00227. The Morgan fingerprint density at radius 2 is 2.08 bits per heavy atom. The molecule has 6 nitrogen and oxygen atoms in total. The van der Waals surface area contributed by atoms with Gasteiger partial charge in [-0.2, -0.15) is 5.10 Å². The highest BCUT2D eigenvalue weighted by Gasteiger charge is 2.19. The number of aromatic amines is 1. The standard InChI is InChI=1S/C19H17N3O3S/c1-11-13-3-2-12(8-15(13)21-20-11)14-10-26-19-16(23)9-17(25-18(14)19)22-4-6-24-7-5-22/h2-3,8-10H,4-7H2,1H3,(H,20,21). The van der Waals surface area contributed by atoms with Crippen LogP contribution in [0.3, 0.4) is 0 Å². The fourth-order valence-corrected chi connectivity index (χ4v) is 4.31. The molecule has 4 aromatic rings. The molecule has 132 valence electrons. The van der Waals surface area contributed by atoms with E-state index < -0.39 is 0 Å². The molecular weight excluding hydrogens is 350 g/mol. The minimum Gasteiger partial charge on any atom is -0.439 e. The molecule has 4 heterocycles. The van der Waals surface area contributed by atoms with Gasteiger partial charge in [-0.3, -0.25) is 9.89 Å². The predicted octanol–water partition coefficient (Wildman–Crippen LogP) is 3.54. The highest BCUT2D eigenvalue weighted by molar-refractivity contribution is 7.17. The number of morpholine rings is 1. The number of aromatic nitrogens is 2. The molecule has 1 fully saturated rings. The second kappa shape index (κ2) is 5.96. The number of benzene rings is 1. The lowest BCUT2D eigenvalue weighted by Gasteiger charge is -2.27. The zero-order valence-electron chi connectivity index (χ0n) is 14.2. The zero-order chi connectivity index (χ0) is 17.7. The maximum atomic E-state index is 12.6. The largest absolute Gasteiger partial charge is 0.439 e. The monoisotopic (exact) mass is 367 g/mol. The van der Waals surface area contributed by atoms with Crippen molar-refractivity contribution >= 4 is 38.4 Å². The van der Waals surface area contributed by atoms with Crippen LogP contribution >= 0.6 is 11.3 Å². The van der Waals surface area contributed by atoms with Gasteiger partial charge < -0.3 is 14.1 Å². The molecule has 7 heteroatoms. The van der Waals surface area contributed by atoms with Crippen molar-refractivity contribution in [2.45, 2.75) is 6.92 Å². The van der Waals surface area contributed by atoms with E-state index in [9.17, 15) is 4.79 Å². The van der Waals surface area contributed by atoms with Crippen LogP contribution in [0.2, 0.25) is 0 Å². The first-order chi connectivity index (χ1) is 12.7. The van der Waals surface area contributed by atoms with Gasteiger partial charge in [0.05, 0.1) is 24.4 Å². The molecule has 0 spiro atoms. The number of nitrogens with one attached hydrogen (secondary N) is 1. The number of hydrogen-bond acceptors (Lipinski definition) is 6. The van der Waals surface area contributed by atoms with Crippen molar-refractivity contribution in [3.05, 3.63) is 45.6 Å². The lowest BCUT2D eigenvalue weighted by atomic mass is 10.1. The molecular formula is C19H17N3O3S. The number of fused-ring (bicyclic) bond motifs is 2. The van der Waals surface area contributed by atoms with Crippen molar-refractivity contribution < 1.29 is 9.15 Å². The molecule has 26 heavy (non-hydrogen) atoms. The average Bonchev–Trinajstić information content (AvgIpc) is 3.26. The van der Waals surface area contributed by atoms with Gasteiger partial charge in [0, 0.05) is 35.5 Å². The van der Waals surface area contributed by atoms with Crippen LogP contribution in [0.4, 0.5) is 5.88 Å².